The van der Waals surface area contributed by atoms with E-state index in [1.165, 1.54) is 135 Å². The first kappa shape index (κ1) is 85.2. The van der Waals surface area contributed by atoms with Gasteiger partial charge in [-0.3, -0.25) is 23.4 Å². The van der Waals surface area contributed by atoms with E-state index in [-0.39, 0.29) is 19.3 Å². The van der Waals surface area contributed by atoms with Crippen molar-refractivity contribution < 1.29 is 117 Å². The standard InChI is InChI=1S/C68H127O24P/c1-4-7-10-13-16-19-22-24-26-29-30-33-36-39-42-52(70)84-46-49(87-54(72)44-41-38-35-32-27-21-18-15-12-9-6-3)47-86-93(82,83)92-66-64(90-67-62(80)57(75)55(73)50(45-69)88-67)60(78)59(77)61(79)65(66)91-68-63(81)58(76)56(74)51(89-68)48-85-53(71)43-40-37-34-31-28-25-23-20-17-14-11-8-5-2/h49-51,55-69,73-81H,4-48H2,1-3H3,(H,82,83). The Kier molecular flexibility index (Phi) is 46.9. The lowest BCUT2D eigenvalue weighted by Gasteiger charge is -2.49. The molecular formula is C68H127O24P. The molecule has 1 aliphatic carbocycles. The lowest BCUT2D eigenvalue weighted by atomic mass is 9.84. The Morgan fingerprint density at radius 2 is 0.688 bits per heavy atom. The Bertz CT molecular complexity index is 1940. The number of aliphatic hydroxyl groups is 10. The number of ether oxygens (including phenoxy) is 7. The summed E-state index contributed by atoms with van der Waals surface area (Å²) >= 11 is 0. The van der Waals surface area contributed by atoms with Gasteiger partial charge >= 0.3 is 25.7 Å². The number of rotatable bonds is 56. The van der Waals surface area contributed by atoms with E-state index in [2.05, 4.69) is 20.8 Å². The van der Waals surface area contributed by atoms with Gasteiger partial charge in [0.15, 0.2) is 18.7 Å². The largest absolute Gasteiger partial charge is 0.472 e. The van der Waals surface area contributed by atoms with Crippen molar-refractivity contribution in [3.63, 3.8) is 0 Å². The van der Waals surface area contributed by atoms with Crippen molar-refractivity contribution in [2.45, 2.75) is 388 Å². The zero-order valence-electron chi connectivity index (χ0n) is 56.8. The lowest BCUT2D eigenvalue weighted by Crippen LogP contribution is -2.69. The molecule has 0 aromatic rings. The minimum atomic E-state index is -5.68. The van der Waals surface area contributed by atoms with Crippen molar-refractivity contribution in [3.8, 4) is 0 Å². The smallest absolute Gasteiger partial charge is 0.463 e. The Morgan fingerprint density at radius 3 is 1.05 bits per heavy atom. The van der Waals surface area contributed by atoms with E-state index in [0.717, 1.165) is 89.9 Å². The molecule has 548 valence electrons. The zero-order valence-corrected chi connectivity index (χ0v) is 57.7. The maximum atomic E-state index is 14.3. The molecule has 0 bridgehead atoms. The predicted octanol–water partition coefficient (Wildman–Crippen LogP) is 9.01. The molecule has 0 radical (unpaired) electrons. The fourth-order valence-electron chi connectivity index (χ4n) is 12.2. The molecule has 2 saturated heterocycles. The number of hydrogen-bond donors (Lipinski definition) is 11. The third-order valence-electron chi connectivity index (χ3n) is 18.1. The predicted molar refractivity (Wildman–Crippen MR) is 347 cm³/mol. The van der Waals surface area contributed by atoms with Crippen LogP contribution in [0.15, 0.2) is 0 Å². The van der Waals surface area contributed by atoms with Crippen LogP contribution in [0.5, 0.6) is 0 Å². The minimum absolute atomic E-state index is 0.0334. The van der Waals surface area contributed by atoms with Crippen molar-refractivity contribution in [3.05, 3.63) is 0 Å². The van der Waals surface area contributed by atoms with Crippen LogP contribution < -0.4 is 0 Å². The molecule has 11 N–H and O–H groups in total. The molecule has 18 unspecified atom stereocenters. The fourth-order valence-corrected chi connectivity index (χ4v) is 13.1. The van der Waals surface area contributed by atoms with Gasteiger partial charge in [-0.1, -0.05) is 245 Å². The number of phosphoric ester groups is 1. The molecule has 0 amide bonds. The fraction of sp³-hybridized carbons (Fsp3) is 0.956. The maximum Gasteiger partial charge on any atom is 0.472 e. The van der Waals surface area contributed by atoms with Crippen LogP contribution in [0, 0.1) is 0 Å². The lowest BCUT2D eigenvalue weighted by molar-refractivity contribution is -0.360. The van der Waals surface area contributed by atoms with Crippen LogP contribution in [0.4, 0.5) is 0 Å². The van der Waals surface area contributed by atoms with E-state index in [9.17, 15) is 74.9 Å². The zero-order chi connectivity index (χ0) is 68.2. The van der Waals surface area contributed by atoms with Crippen molar-refractivity contribution in [1.29, 1.82) is 0 Å². The van der Waals surface area contributed by atoms with Gasteiger partial charge in [-0.25, -0.2) is 4.57 Å². The van der Waals surface area contributed by atoms with Gasteiger partial charge in [0.2, 0.25) is 0 Å². The molecule has 2 aliphatic heterocycles. The van der Waals surface area contributed by atoms with Gasteiger partial charge in [0.05, 0.1) is 13.2 Å². The highest BCUT2D eigenvalue weighted by Gasteiger charge is 2.58. The van der Waals surface area contributed by atoms with Crippen molar-refractivity contribution >= 4 is 25.7 Å². The van der Waals surface area contributed by atoms with Crippen LogP contribution in [0.3, 0.4) is 0 Å². The molecular weight excluding hydrogens is 1230 g/mol. The Balaban J connectivity index is 1.75. The van der Waals surface area contributed by atoms with Crippen LogP contribution in [-0.2, 0) is 61.2 Å². The summed E-state index contributed by atoms with van der Waals surface area (Å²) in [4.78, 5) is 50.8. The summed E-state index contributed by atoms with van der Waals surface area (Å²) in [6, 6.07) is 0. The second-order valence-corrected chi connectivity index (χ2v) is 27.7. The average Bonchev–Trinajstić information content (AvgIpc) is 0.771. The summed E-state index contributed by atoms with van der Waals surface area (Å²) in [5, 5.41) is 110. The summed E-state index contributed by atoms with van der Waals surface area (Å²) in [7, 11) is -5.68. The average molecular weight is 1360 g/mol. The van der Waals surface area contributed by atoms with E-state index in [1.807, 2.05) is 0 Å². The first-order chi connectivity index (χ1) is 44.8. The third-order valence-corrected chi connectivity index (χ3v) is 19.1. The minimum Gasteiger partial charge on any atom is -0.463 e. The summed E-state index contributed by atoms with van der Waals surface area (Å²) in [6.45, 7) is 3.43. The molecule has 2 heterocycles. The number of esters is 3. The molecule has 24 nitrogen and oxygen atoms in total. The van der Waals surface area contributed by atoms with Gasteiger partial charge in [0.1, 0.15) is 98.7 Å². The van der Waals surface area contributed by atoms with Gasteiger partial charge in [0, 0.05) is 19.3 Å². The highest BCUT2D eigenvalue weighted by atomic mass is 31.2. The monoisotopic (exact) mass is 1360 g/mol. The normalized spacial score (nSPS) is 28.4. The number of unbranched alkanes of at least 4 members (excludes halogenated alkanes) is 35. The molecule has 18 atom stereocenters. The molecule has 1 saturated carbocycles. The van der Waals surface area contributed by atoms with Crippen LogP contribution in [0.1, 0.15) is 284 Å². The second-order valence-electron chi connectivity index (χ2n) is 26.3. The second kappa shape index (κ2) is 51.2. The topological polar surface area (TPSA) is 374 Å². The van der Waals surface area contributed by atoms with Gasteiger partial charge in [-0.05, 0) is 19.3 Å². The molecule has 3 aliphatic rings. The van der Waals surface area contributed by atoms with Crippen LogP contribution >= 0.6 is 7.82 Å². The first-order valence-corrected chi connectivity index (χ1v) is 37.8. The molecule has 0 aromatic heterocycles. The molecule has 93 heavy (non-hydrogen) atoms. The van der Waals surface area contributed by atoms with E-state index in [0.29, 0.717) is 19.3 Å². The number of carbonyl (C=O) groups excluding carboxylic acids is 3. The van der Waals surface area contributed by atoms with Crippen molar-refractivity contribution in [2.24, 2.45) is 0 Å². The van der Waals surface area contributed by atoms with Crippen LogP contribution in [-0.4, -0.2) is 204 Å². The summed E-state index contributed by atoms with van der Waals surface area (Å²) in [5.74, 6) is -1.98. The summed E-state index contributed by atoms with van der Waals surface area (Å²) in [6.07, 6.45) is 6.24. The number of carbonyl (C=O) groups is 3. The Labute approximate surface area is 555 Å². The molecule has 0 aromatic carbocycles. The van der Waals surface area contributed by atoms with Gasteiger partial charge in [-0.2, -0.15) is 0 Å². The van der Waals surface area contributed by atoms with E-state index in [1.54, 1.807) is 0 Å². The van der Waals surface area contributed by atoms with Crippen molar-refractivity contribution in [1.82, 2.24) is 0 Å². The SMILES string of the molecule is CCCCCCCCCCCCCCCCC(=O)OCC(COP(=O)(O)OC1C(OC2OC(CO)C(O)C(O)C2O)C(O)C(O)C(O)C1OC1OC(COC(=O)CCCCCCCCCCCCCCC)C(O)C(O)C1O)OC(=O)CCCCCCCCCCCCC. The van der Waals surface area contributed by atoms with Gasteiger partial charge in [0.25, 0.3) is 0 Å². The first-order valence-electron chi connectivity index (χ1n) is 36.3. The molecule has 3 rings (SSSR count). The van der Waals surface area contributed by atoms with E-state index >= 15 is 0 Å². The third kappa shape index (κ3) is 35.0. The molecule has 25 heteroatoms. The highest BCUT2D eigenvalue weighted by Crippen LogP contribution is 2.49. The van der Waals surface area contributed by atoms with E-state index in [4.69, 9.17) is 42.2 Å². The van der Waals surface area contributed by atoms with Crippen LogP contribution in [0.2, 0.25) is 0 Å². The number of hydrogen-bond acceptors (Lipinski definition) is 23. The summed E-state index contributed by atoms with van der Waals surface area (Å²) < 4.78 is 64.9. The highest BCUT2D eigenvalue weighted by molar-refractivity contribution is 7.47. The maximum absolute atomic E-state index is 14.3. The number of aliphatic hydroxyl groups excluding tert-OH is 10. The molecule has 0 spiro atoms. The summed E-state index contributed by atoms with van der Waals surface area (Å²) in [5.41, 5.74) is 0. The quantitative estimate of drug-likeness (QED) is 0.0117. The van der Waals surface area contributed by atoms with Crippen molar-refractivity contribution in [2.75, 3.05) is 26.4 Å². The molecule has 3 fully saturated rings. The van der Waals surface area contributed by atoms with Gasteiger partial charge in [-0.15, -0.1) is 0 Å². The van der Waals surface area contributed by atoms with E-state index < -0.39 is 156 Å². The van der Waals surface area contributed by atoms with Crippen LogP contribution in [0.25, 0.3) is 0 Å². The number of phosphoric acid groups is 1. The van der Waals surface area contributed by atoms with Gasteiger partial charge < -0.3 is 89.1 Å². The Morgan fingerprint density at radius 1 is 0.376 bits per heavy atom. The Hall–Kier alpha value is -2.04.